The van der Waals surface area contributed by atoms with Gasteiger partial charge in [-0.25, -0.2) is 0 Å². The van der Waals surface area contributed by atoms with Crippen LogP contribution in [-0.2, 0) is 0 Å². The van der Waals surface area contributed by atoms with Crippen LogP contribution in [0.5, 0.6) is 0 Å². The molecule has 1 spiro atoms. The summed E-state index contributed by atoms with van der Waals surface area (Å²) in [5.74, 6) is 1.18. The first-order chi connectivity index (χ1) is 11.3. The number of hydrogen-bond acceptors (Lipinski definition) is 2. The van der Waals surface area contributed by atoms with Gasteiger partial charge in [-0.05, 0) is 70.5 Å². The number of aliphatic imine (C=N–C) groups is 1. The van der Waals surface area contributed by atoms with Crippen LogP contribution in [0.1, 0.15) is 64.7 Å². The van der Waals surface area contributed by atoms with Gasteiger partial charge in [0.1, 0.15) is 0 Å². The second kappa shape index (κ2) is 8.36. The standard InChI is InChI=1S/C19H36N4/c1-2-20-18(21-12-8-15-22-13-6-7-14-22)23-16-11-19(17-23)9-4-3-5-10-19/h2-17H2,1H3,(H,20,21). The molecule has 0 atom stereocenters. The molecule has 0 radical (unpaired) electrons. The summed E-state index contributed by atoms with van der Waals surface area (Å²) in [4.78, 5) is 10.1. The maximum absolute atomic E-state index is 4.94. The van der Waals surface area contributed by atoms with Crippen molar-refractivity contribution in [1.82, 2.24) is 15.1 Å². The van der Waals surface area contributed by atoms with Crippen LogP contribution in [0.4, 0.5) is 0 Å². The number of nitrogens with one attached hydrogen (secondary N) is 1. The zero-order valence-corrected chi connectivity index (χ0v) is 15.2. The average Bonchev–Trinajstić information content (AvgIpc) is 3.22. The highest BCUT2D eigenvalue weighted by Gasteiger charge is 2.39. The molecule has 0 unspecified atom stereocenters. The Hall–Kier alpha value is -0.770. The summed E-state index contributed by atoms with van der Waals surface area (Å²) in [6.45, 7) is 10.4. The molecule has 2 heterocycles. The average molecular weight is 321 g/mol. The van der Waals surface area contributed by atoms with Gasteiger partial charge < -0.3 is 15.1 Å². The molecular formula is C19H36N4. The lowest BCUT2D eigenvalue weighted by Crippen LogP contribution is -2.41. The lowest BCUT2D eigenvalue weighted by atomic mass is 9.73. The van der Waals surface area contributed by atoms with Gasteiger partial charge in [0.15, 0.2) is 5.96 Å². The first-order valence-corrected chi connectivity index (χ1v) is 10.1. The van der Waals surface area contributed by atoms with E-state index in [1.165, 1.54) is 96.5 Å². The quantitative estimate of drug-likeness (QED) is 0.480. The van der Waals surface area contributed by atoms with Crippen LogP contribution in [0, 0.1) is 5.41 Å². The van der Waals surface area contributed by atoms with Crippen molar-refractivity contribution in [3.05, 3.63) is 0 Å². The van der Waals surface area contributed by atoms with E-state index < -0.39 is 0 Å². The zero-order valence-electron chi connectivity index (χ0n) is 15.2. The smallest absolute Gasteiger partial charge is 0.193 e. The van der Waals surface area contributed by atoms with Crippen molar-refractivity contribution in [3.63, 3.8) is 0 Å². The van der Waals surface area contributed by atoms with Crippen LogP contribution in [0.3, 0.4) is 0 Å². The van der Waals surface area contributed by atoms with E-state index in [0.717, 1.165) is 13.1 Å². The summed E-state index contributed by atoms with van der Waals surface area (Å²) >= 11 is 0. The Balaban J connectivity index is 1.48. The molecule has 2 aliphatic heterocycles. The second-order valence-electron chi connectivity index (χ2n) is 7.87. The molecule has 3 fully saturated rings. The summed E-state index contributed by atoms with van der Waals surface area (Å²) in [6, 6.07) is 0. The van der Waals surface area contributed by atoms with Crippen LogP contribution < -0.4 is 5.32 Å². The van der Waals surface area contributed by atoms with Gasteiger partial charge in [-0.3, -0.25) is 4.99 Å². The largest absolute Gasteiger partial charge is 0.357 e. The van der Waals surface area contributed by atoms with Gasteiger partial charge >= 0.3 is 0 Å². The van der Waals surface area contributed by atoms with Crippen molar-refractivity contribution in [1.29, 1.82) is 0 Å². The molecule has 0 aromatic rings. The lowest BCUT2D eigenvalue weighted by molar-refractivity contribution is 0.203. The topological polar surface area (TPSA) is 30.9 Å². The molecule has 4 heteroatoms. The van der Waals surface area contributed by atoms with Crippen LogP contribution in [-0.4, -0.2) is 61.6 Å². The van der Waals surface area contributed by atoms with Crippen molar-refractivity contribution in [2.24, 2.45) is 10.4 Å². The highest BCUT2D eigenvalue weighted by Crippen LogP contribution is 2.43. The van der Waals surface area contributed by atoms with Gasteiger partial charge in [-0.15, -0.1) is 0 Å². The van der Waals surface area contributed by atoms with Gasteiger partial charge in [0, 0.05) is 26.2 Å². The second-order valence-corrected chi connectivity index (χ2v) is 7.87. The third-order valence-electron chi connectivity index (χ3n) is 6.08. The van der Waals surface area contributed by atoms with Crippen LogP contribution in [0.25, 0.3) is 0 Å². The number of rotatable bonds is 5. The Bertz CT molecular complexity index is 381. The van der Waals surface area contributed by atoms with Crippen LogP contribution in [0.2, 0.25) is 0 Å². The Morgan fingerprint density at radius 2 is 1.78 bits per heavy atom. The van der Waals surface area contributed by atoms with Crippen molar-refractivity contribution in [2.45, 2.75) is 64.7 Å². The molecular weight excluding hydrogens is 284 g/mol. The van der Waals surface area contributed by atoms with Crippen molar-refractivity contribution < 1.29 is 0 Å². The molecule has 0 amide bonds. The lowest BCUT2D eigenvalue weighted by Gasteiger charge is -2.33. The fourth-order valence-corrected chi connectivity index (χ4v) is 4.74. The van der Waals surface area contributed by atoms with Crippen LogP contribution >= 0.6 is 0 Å². The number of nitrogens with zero attached hydrogens (tertiary/aromatic N) is 3. The molecule has 1 N–H and O–H groups in total. The Morgan fingerprint density at radius 1 is 1.00 bits per heavy atom. The molecule has 0 bridgehead atoms. The fourth-order valence-electron chi connectivity index (χ4n) is 4.74. The molecule has 23 heavy (non-hydrogen) atoms. The molecule has 2 saturated heterocycles. The van der Waals surface area contributed by atoms with E-state index in [2.05, 4.69) is 22.0 Å². The van der Waals surface area contributed by atoms with Gasteiger partial charge in [0.25, 0.3) is 0 Å². The zero-order chi connectivity index (χ0) is 16.0. The van der Waals surface area contributed by atoms with E-state index in [-0.39, 0.29) is 0 Å². The first kappa shape index (κ1) is 17.1. The third-order valence-corrected chi connectivity index (χ3v) is 6.08. The minimum atomic E-state index is 0.615. The minimum absolute atomic E-state index is 0.615. The predicted octanol–water partition coefficient (Wildman–Crippen LogP) is 3.09. The molecule has 1 aliphatic carbocycles. The van der Waals surface area contributed by atoms with Crippen molar-refractivity contribution in [3.8, 4) is 0 Å². The maximum Gasteiger partial charge on any atom is 0.193 e. The summed E-state index contributed by atoms with van der Waals surface area (Å²) in [6.07, 6.45) is 12.6. The van der Waals surface area contributed by atoms with Crippen LogP contribution in [0.15, 0.2) is 4.99 Å². The van der Waals surface area contributed by atoms with E-state index >= 15 is 0 Å². The molecule has 0 aromatic carbocycles. The Kier molecular flexibility index (Phi) is 6.21. The SMILES string of the molecule is CCNC(=NCCCN1CCCC1)N1CCC2(CCCCC2)C1. The normalized spacial score (nSPS) is 25.4. The van der Waals surface area contributed by atoms with E-state index in [4.69, 9.17) is 4.99 Å². The third kappa shape index (κ3) is 4.62. The molecule has 3 rings (SSSR count). The summed E-state index contributed by atoms with van der Waals surface area (Å²) in [7, 11) is 0. The minimum Gasteiger partial charge on any atom is -0.357 e. The monoisotopic (exact) mass is 320 g/mol. The van der Waals surface area contributed by atoms with E-state index in [1.807, 2.05) is 0 Å². The van der Waals surface area contributed by atoms with Gasteiger partial charge in [-0.2, -0.15) is 0 Å². The van der Waals surface area contributed by atoms with E-state index in [0.29, 0.717) is 5.41 Å². The summed E-state index contributed by atoms with van der Waals surface area (Å²) in [5, 5.41) is 3.54. The summed E-state index contributed by atoms with van der Waals surface area (Å²) < 4.78 is 0. The van der Waals surface area contributed by atoms with Gasteiger partial charge in [0.05, 0.1) is 0 Å². The maximum atomic E-state index is 4.94. The van der Waals surface area contributed by atoms with Crippen molar-refractivity contribution in [2.75, 3.05) is 45.8 Å². The fraction of sp³-hybridized carbons (Fsp3) is 0.947. The summed E-state index contributed by atoms with van der Waals surface area (Å²) in [5.41, 5.74) is 0.615. The highest BCUT2D eigenvalue weighted by molar-refractivity contribution is 5.80. The van der Waals surface area contributed by atoms with E-state index in [1.54, 1.807) is 0 Å². The Labute approximate surface area is 142 Å². The molecule has 3 aliphatic rings. The van der Waals surface area contributed by atoms with Gasteiger partial charge in [-0.1, -0.05) is 19.3 Å². The van der Waals surface area contributed by atoms with Gasteiger partial charge in [0.2, 0.25) is 0 Å². The number of guanidine groups is 1. The first-order valence-electron chi connectivity index (χ1n) is 10.1. The van der Waals surface area contributed by atoms with E-state index in [9.17, 15) is 0 Å². The number of likely N-dealkylation sites (tertiary alicyclic amines) is 2. The van der Waals surface area contributed by atoms with Crippen molar-refractivity contribution >= 4 is 5.96 Å². The predicted molar refractivity (Wildman–Crippen MR) is 98.0 cm³/mol. The molecule has 1 saturated carbocycles. The molecule has 4 nitrogen and oxygen atoms in total. The molecule has 0 aromatic heterocycles. The number of hydrogen-bond donors (Lipinski definition) is 1. The highest BCUT2D eigenvalue weighted by atomic mass is 15.3. The Morgan fingerprint density at radius 3 is 2.52 bits per heavy atom. The molecule has 132 valence electrons.